The van der Waals surface area contributed by atoms with Crippen molar-refractivity contribution in [1.82, 2.24) is 4.90 Å². The summed E-state index contributed by atoms with van der Waals surface area (Å²) in [5.41, 5.74) is 1.62. The molecule has 1 aliphatic heterocycles. The quantitative estimate of drug-likeness (QED) is 0.605. The maximum atomic E-state index is 12.7. The minimum atomic E-state index is -0.485. The number of nitro groups is 1. The van der Waals surface area contributed by atoms with E-state index < -0.39 is 4.92 Å². The van der Waals surface area contributed by atoms with Gasteiger partial charge in [0.25, 0.3) is 5.69 Å². The molecule has 142 valence electrons. The van der Waals surface area contributed by atoms with Crippen molar-refractivity contribution in [1.29, 1.82) is 0 Å². The summed E-state index contributed by atoms with van der Waals surface area (Å²) in [5, 5.41) is 15.9. The number of non-ortho nitro benzene ring substituents is 1. The molecule has 1 aromatic heterocycles. The molecule has 2 aliphatic rings. The second-order valence-electron chi connectivity index (χ2n) is 6.99. The SMILES string of the molecule is COc1ccc([N+](=O)[O-])cc1NC(=O)CN1CCc2sccc2[C@@H]1C1CC1. The molecule has 1 aliphatic carbocycles. The van der Waals surface area contributed by atoms with Gasteiger partial charge in [-0.15, -0.1) is 11.3 Å². The second kappa shape index (κ2) is 7.28. The lowest BCUT2D eigenvalue weighted by atomic mass is 9.96. The van der Waals surface area contributed by atoms with Crippen molar-refractivity contribution >= 4 is 28.6 Å². The number of methoxy groups -OCH3 is 1. The Morgan fingerprint density at radius 3 is 2.93 bits per heavy atom. The molecule has 27 heavy (non-hydrogen) atoms. The number of anilines is 1. The largest absolute Gasteiger partial charge is 0.495 e. The predicted octanol–water partition coefficient (Wildman–Crippen LogP) is 3.61. The van der Waals surface area contributed by atoms with Crippen LogP contribution in [0.15, 0.2) is 29.6 Å². The molecule has 1 atom stereocenters. The number of fused-ring (bicyclic) bond motifs is 1. The Hall–Kier alpha value is -2.45. The minimum absolute atomic E-state index is 0.0807. The molecule has 2 aromatic rings. The van der Waals surface area contributed by atoms with Crippen molar-refractivity contribution in [2.24, 2.45) is 5.92 Å². The number of carbonyl (C=O) groups is 1. The number of hydrogen-bond acceptors (Lipinski definition) is 6. The van der Waals surface area contributed by atoms with Crippen LogP contribution in [0.25, 0.3) is 0 Å². The van der Waals surface area contributed by atoms with E-state index in [1.807, 2.05) is 0 Å². The van der Waals surface area contributed by atoms with E-state index in [9.17, 15) is 14.9 Å². The van der Waals surface area contributed by atoms with Crippen molar-refractivity contribution in [3.63, 3.8) is 0 Å². The fourth-order valence-corrected chi connectivity index (χ4v) is 4.73. The Kier molecular flexibility index (Phi) is 4.84. The number of nitro benzene ring substituents is 1. The standard InChI is InChI=1S/C19H21N3O4S/c1-26-16-5-4-13(22(24)25)10-15(16)20-18(23)11-21-8-6-17-14(7-9-27-17)19(21)12-2-3-12/h4-5,7,9-10,12,19H,2-3,6,8,11H2,1H3,(H,20,23)/t19-/m0/s1. The first-order valence-corrected chi connectivity index (χ1v) is 9.87. The van der Waals surface area contributed by atoms with Crippen LogP contribution in [0.5, 0.6) is 5.75 Å². The van der Waals surface area contributed by atoms with Crippen LogP contribution in [0.2, 0.25) is 0 Å². The summed E-state index contributed by atoms with van der Waals surface area (Å²) < 4.78 is 5.23. The Bertz CT molecular complexity index is 878. The van der Waals surface area contributed by atoms with E-state index in [2.05, 4.69) is 21.7 Å². The third kappa shape index (κ3) is 3.68. The molecule has 1 saturated carbocycles. The van der Waals surface area contributed by atoms with Gasteiger partial charge in [-0.3, -0.25) is 19.8 Å². The molecule has 1 aromatic carbocycles. The van der Waals surface area contributed by atoms with Gasteiger partial charge in [-0.05, 0) is 48.3 Å². The number of benzene rings is 1. The monoisotopic (exact) mass is 387 g/mol. The number of amides is 1. The van der Waals surface area contributed by atoms with E-state index in [1.54, 1.807) is 11.3 Å². The van der Waals surface area contributed by atoms with Crippen molar-refractivity contribution < 1.29 is 14.5 Å². The van der Waals surface area contributed by atoms with E-state index in [1.165, 1.54) is 48.6 Å². The summed E-state index contributed by atoms with van der Waals surface area (Å²) in [6.07, 6.45) is 3.37. The van der Waals surface area contributed by atoms with Gasteiger partial charge in [0.2, 0.25) is 5.91 Å². The molecule has 2 heterocycles. The van der Waals surface area contributed by atoms with Crippen LogP contribution in [0.1, 0.15) is 29.3 Å². The molecule has 0 bridgehead atoms. The molecule has 1 fully saturated rings. The summed E-state index contributed by atoms with van der Waals surface area (Å²) in [5.74, 6) is 0.850. The third-order valence-electron chi connectivity index (χ3n) is 5.20. The summed E-state index contributed by atoms with van der Waals surface area (Å²) in [7, 11) is 1.47. The average molecular weight is 387 g/mol. The van der Waals surface area contributed by atoms with E-state index in [0.29, 0.717) is 23.4 Å². The first-order chi connectivity index (χ1) is 13.1. The van der Waals surface area contributed by atoms with Gasteiger partial charge >= 0.3 is 0 Å². The Balaban J connectivity index is 1.50. The molecule has 1 amide bonds. The van der Waals surface area contributed by atoms with Gasteiger partial charge < -0.3 is 10.1 Å². The number of ether oxygens (including phenoxy) is 1. The van der Waals surface area contributed by atoms with Gasteiger partial charge in [-0.2, -0.15) is 0 Å². The number of thiophene rings is 1. The smallest absolute Gasteiger partial charge is 0.271 e. The van der Waals surface area contributed by atoms with Crippen LogP contribution < -0.4 is 10.1 Å². The van der Waals surface area contributed by atoms with E-state index in [0.717, 1.165) is 13.0 Å². The van der Waals surface area contributed by atoms with Gasteiger partial charge in [0.15, 0.2) is 0 Å². The molecule has 0 radical (unpaired) electrons. The highest BCUT2D eigenvalue weighted by atomic mass is 32.1. The summed E-state index contributed by atoms with van der Waals surface area (Å²) in [4.78, 5) is 26.9. The molecule has 0 saturated heterocycles. The maximum absolute atomic E-state index is 12.7. The molecule has 0 unspecified atom stereocenters. The molecule has 7 nitrogen and oxygen atoms in total. The van der Waals surface area contributed by atoms with Crippen LogP contribution in [0, 0.1) is 16.0 Å². The zero-order valence-electron chi connectivity index (χ0n) is 15.0. The lowest BCUT2D eigenvalue weighted by Crippen LogP contribution is -2.41. The van der Waals surface area contributed by atoms with Crippen LogP contribution in [-0.4, -0.2) is 35.9 Å². The number of nitrogens with zero attached hydrogens (tertiary/aromatic N) is 2. The Labute approximate surface area is 161 Å². The molecule has 8 heteroatoms. The van der Waals surface area contributed by atoms with E-state index in [4.69, 9.17) is 4.74 Å². The number of carbonyl (C=O) groups excluding carboxylic acids is 1. The van der Waals surface area contributed by atoms with Crippen molar-refractivity contribution in [2.45, 2.75) is 25.3 Å². The van der Waals surface area contributed by atoms with E-state index in [-0.39, 0.29) is 18.1 Å². The summed E-state index contributed by atoms with van der Waals surface area (Å²) in [6.45, 7) is 1.12. The highest BCUT2D eigenvalue weighted by Crippen LogP contribution is 2.48. The first-order valence-electron chi connectivity index (χ1n) is 8.99. The van der Waals surface area contributed by atoms with Crippen LogP contribution in [0.3, 0.4) is 0 Å². The van der Waals surface area contributed by atoms with Crippen LogP contribution in [-0.2, 0) is 11.2 Å². The highest BCUT2D eigenvalue weighted by molar-refractivity contribution is 7.10. The lowest BCUT2D eigenvalue weighted by molar-refractivity contribution is -0.384. The summed E-state index contributed by atoms with van der Waals surface area (Å²) in [6, 6.07) is 6.69. The van der Waals surface area contributed by atoms with Gasteiger partial charge in [0, 0.05) is 29.6 Å². The molecular weight excluding hydrogens is 366 g/mol. The van der Waals surface area contributed by atoms with Crippen LogP contribution >= 0.6 is 11.3 Å². The van der Waals surface area contributed by atoms with Crippen molar-refractivity contribution in [3.05, 3.63) is 50.2 Å². The number of hydrogen-bond donors (Lipinski definition) is 1. The van der Waals surface area contributed by atoms with Gasteiger partial charge in [-0.1, -0.05) is 0 Å². The third-order valence-corrected chi connectivity index (χ3v) is 6.20. The average Bonchev–Trinajstić information content (AvgIpc) is 3.37. The Morgan fingerprint density at radius 1 is 1.41 bits per heavy atom. The zero-order valence-corrected chi connectivity index (χ0v) is 15.8. The van der Waals surface area contributed by atoms with E-state index >= 15 is 0 Å². The number of nitrogens with one attached hydrogen (secondary N) is 1. The molecule has 1 N–H and O–H groups in total. The van der Waals surface area contributed by atoms with Crippen molar-refractivity contribution in [2.75, 3.05) is 25.5 Å². The number of rotatable bonds is 6. The predicted molar refractivity (Wildman–Crippen MR) is 103 cm³/mol. The first kappa shape index (κ1) is 17.9. The normalized spacial score (nSPS) is 19.4. The maximum Gasteiger partial charge on any atom is 0.271 e. The van der Waals surface area contributed by atoms with Gasteiger partial charge in [-0.25, -0.2) is 0 Å². The molecule has 0 spiro atoms. The fraction of sp³-hybridized carbons (Fsp3) is 0.421. The van der Waals surface area contributed by atoms with Gasteiger partial charge in [0.1, 0.15) is 5.75 Å². The minimum Gasteiger partial charge on any atom is -0.495 e. The van der Waals surface area contributed by atoms with Crippen molar-refractivity contribution in [3.8, 4) is 5.75 Å². The summed E-state index contributed by atoms with van der Waals surface area (Å²) >= 11 is 1.80. The van der Waals surface area contributed by atoms with Crippen LogP contribution in [0.4, 0.5) is 11.4 Å². The molecular formula is C19H21N3O4S. The zero-order chi connectivity index (χ0) is 19.0. The van der Waals surface area contributed by atoms with Gasteiger partial charge in [0.05, 0.1) is 24.3 Å². The lowest BCUT2D eigenvalue weighted by Gasteiger charge is -2.35. The molecule has 4 rings (SSSR count). The Morgan fingerprint density at radius 2 is 2.22 bits per heavy atom. The highest BCUT2D eigenvalue weighted by Gasteiger charge is 2.40. The second-order valence-corrected chi connectivity index (χ2v) is 7.99. The topological polar surface area (TPSA) is 84.7 Å². The fourth-order valence-electron chi connectivity index (χ4n) is 3.82.